The molecule has 0 radical (unpaired) electrons. The Morgan fingerprint density at radius 1 is 1.35 bits per heavy atom. The quantitative estimate of drug-likeness (QED) is 0.351. The third kappa shape index (κ3) is 2.80. The summed E-state index contributed by atoms with van der Waals surface area (Å²) >= 11 is 1.44. The Labute approximate surface area is 120 Å². The smallest absolute Gasteiger partial charge is 0.265 e. The minimum Gasteiger partial charge on any atom is -0.409 e. The van der Waals surface area contributed by atoms with Crippen LogP contribution in [-0.2, 0) is 0 Å². The molecule has 0 spiro atoms. The molecular formula is C14H15N3O2S. The molecule has 20 heavy (non-hydrogen) atoms. The van der Waals surface area contributed by atoms with Crippen LogP contribution in [-0.4, -0.2) is 17.0 Å². The number of hydrogen-bond donors (Lipinski definition) is 3. The van der Waals surface area contributed by atoms with Crippen LogP contribution in [0.25, 0.3) is 0 Å². The third-order valence-electron chi connectivity index (χ3n) is 2.95. The van der Waals surface area contributed by atoms with Crippen molar-refractivity contribution in [1.82, 2.24) is 0 Å². The number of nitrogens with two attached hydrogens (primary N) is 1. The average Bonchev–Trinajstić information content (AvgIpc) is 2.78. The number of amides is 1. The summed E-state index contributed by atoms with van der Waals surface area (Å²) in [4.78, 5) is 13.9. The Bertz CT molecular complexity index is 657. The lowest BCUT2D eigenvalue weighted by Gasteiger charge is -2.08. The number of carbonyl (C=O) groups excluding carboxylic acids is 1. The van der Waals surface area contributed by atoms with Gasteiger partial charge in [0.25, 0.3) is 5.91 Å². The topological polar surface area (TPSA) is 87.7 Å². The summed E-state index contributed by atoms with van der Waals surface area (Å²) in [6.07, 6.45) is 0. The lowest BCUT2D eigenvalue weighted by molar-refractivity contribution is 0.103. The molecule has 5 nitrogen and oxygen atoms in total. The van der Waals surface area contributed by atoms with Crippen LogP contribution in [0.4, 0.5) is 5.69 Å². The van der Waals surface area contributed by atoms with Crippen molar-refractivity contribution < 1.29 is 10.0 Å². The molecule has 2 rings (SSSR count). The molecule has 2 aromatic rings. The van der Waals surface area contributed by atoms with Gasteiger partial charge in [0.1, 0.15) is 0 Å². The van der Waals surface area contributed by atoms with Crippen molar-refractivity contribution in [3.8, 4) is 0 Å². The molecule has 0 fully saturated rings. The van der Waals surface area contributed by atoms with Crippen molar-refractivity contribution in [3.05, 3.63) is 51.2 Å². The standard InChI is InChI=1S/C14H15N3O2S/c1-8-7-12(20-9(8)2)14(18)16-11-6-4-3-5-10(11)13(15)17-19/h3-7,19H,1-2H3,(H2,15,17)(H,16,18). The van der Waals surface area contributed by atoms with Crippen LogP contribution in [0.1, 0.15) is 25.7 Å². The van der Waals surface area contributed by atoms with Gasteiger partial charge in [0, 0.05) is 10.4 Å². The summed E-state index contributed by atoms with van der Waals surface area (Å²) < 4.78 is 0. The molecule has 6 heteroatoms. The summed E-state index contributed by atoms with van der Waals surface area (Å²) in [6.45, 7) is 3.94. The summed E-state index contributed by atoms with van der Waals surface area (Å²) in [6, 6.07) is 8.76. The molecule has 0 bridgehead atoms. The van der Waals surface area contributed by atoms with E-state index in [1.165, 1.54) is 11.3 Å². The van der Waals surface area contributed by atoms with Crippen LogP contribution in [0.3, 0.4) is 0 Å². The van der Waals surface area contributed by atoms with Gasteiger partial charge in [-0.15, -0.1) is 11.3 Å². The molecule has 1 amide bonds. The van der Waals surface area contributed by atoms with Gasteiger partial charge in [-0.1, -0.05) is 17.3 Å². The predicted octanol–water partition coefficient (Wildman–Crippen LogP) is 2.71. The monoisotopic (exact) mass is 289 g/mol. The van der Waals surface area contributed by atoms with Crippen molar-refractivity contribution in [1.29, 1.82) is 0 Å². The van der Waals surface area contributed by atoms with Crippen molar-refractivity contribution in [2.45, 2.75) is 13.8 Å². The number of benzene rings is 1. The molecule has 1 aromatic heterocycles. The maximum atomic E-state index is 12.2. The fourth-order valence-electron chi connectivity index (χ4n) is 1.74. The zero-order valence-corrected chi connectivity index (χ0v) is 12.0. The molecule has 0 atom stereocenters. The van der Waals surface area contributed by atoms with E-state index in [-0.39, 0.29) is 11.7 Å². The van der Waals surface area contributed by atoms with E-state index >= 15 is 0 Å². The first-order valence-corrected chi connectivity index (χ1v) is 6.80. The molecule has 0 aliphatic rings. The molecule has 4 N–H and O–H groups in total. The van der Waals surface area contributed by atoms with E-state index in [1.807, 2.05) is 19.9 Å². The SMILES string of the molecule is Cc1cc(C(=O)Nc2ccccc2C(N)=NO)sc1C. The maximum Gasteiger partial charge on any atom is 0.265 e. The first-order chi connectivity index (χ1) is 9.52. The minimum atomic E-state index is -0.204. The molecule has 1 heterocycles. The van der Waals surface area contributed by atoms with E-state index < -0.39 is 0 Å². The van der Waals surface area contributed by atoms with Crippen LogP contribution >= 0.6 is 11.3 Å². The van der Waals surface area contributed by atoms with Crippen LogP contribution < -0.4 is 11.1 Å². The number of hydrogen-bond acceptors (Lipinski definition) is 4. The van der Waals surface area contributed by atoms with Gasteiger partial charge in [0.15, 0.2) is 5.84 Å². The highest BCUT2D eigenvalue weighted by Crippen LogP contribution is 2.22. The van der Waals surface area contributed by atoms with Gasteiger partial charge in [-0.2, -0.15) is 0 Å². The van der Waals surface area contributed by atoms with Crippen molar-refractivity contribution in [2.75, 3.05) is 5.32 Å². The van der Waals surface area contributed by atoms with Gasteiger partial charge >= 0.3 is 0 Å². The number of carbonyl (C=O) groups is 1. The normalized spacial score (nSPS) is 11.4. The fraction of sp³-hybridized carbons (Fsp3) is 0.143. The second kappa shape index (κ2) is 5.75. The van der Waals surface area contributed by atoms with Gasteiger partial charge in [0.2, 0.25) is 0 Å². The summed E-state index contributed by atoms with van der Waals surface area (Å²) in [5, 5.41) is 14.5. The molecule has 0 aliphatic heterocycles. The largest absolute Gasteiger partial charge is 0.409 e. The molecule has 104 valence electrons. The van der Waals surface area contributed by atoms with Gasteiger partial charge in [0.05, 0.1) is 10.6 Å². The molecule has 0 unspecified atom stereocenters. The Hall–Kier alpha value is -2.34. The van der Waals surface area contributed by atoms with Crippen LogP contribution in [0, 0.1) is 13.8 Å². The number of rotatable bonds is 3. The van der Waals surface area contributed by atoms with Gasteiger partial charge in [-0.05, 0) is 37.6 Å². The van der Waals surface area contributed by atoms with E-state index in [0.717, 1.165) is 10.4 Å². The number of nitrogens with zero attached hydrogens (tertiary/aromatic N) is 1. The van der Waals surface area contributed by atoms with E-state index in [1.54, 1.807) is 24.3 Å². The molecule has 0 saturated heterocycles. The Morgan fingerprint density at radius 2 is 2.05 bits per heavy atom. The highest BCUT2D eigenvalue weighted by atomic mass is 32.1. The zero-order valence-electron chi connectivity index (χ0n) is 11.2. The lowest BCUT2D eigenvalue weighted by Crippen LogP contribution is -2.18. The van der Waals surface area contributed by atoms with E-state index in [2.05, 4.69) is 10.5 Å². The van der Waals surface area contributed by atoms with Crippen LogP contribution in [0.5, 0.6) is 0 Å². The number of amidine groups is 1. The van der Waals surface area contributed by atoms with E-state index in [4.69, 9.17) is 10.9 Å². The number of para-hydroxylation sites is 1. The Kier molecular flexibility index (Phi) is 4.05. The number of aryl methyl sites for hydroxylation is 2. The van der Waals surface area contributed by atoms with Gasteiger partial charge in [-0.3, -0.25) is 4.79 Å². The first kappa shape index (κ1) is 14.1. The average molecular weight is 289 g/mol. The van der Waals surface area contributed by atoms with Crippen molar-refractivity contribution in [2.24, 2.45) is 10.9 Å². The maximum absolute atomic E-state index is 12.2. The summed E-state index contributed by atoms with van der Waals surface area (Å²) in [7, 11) is 0. The first-order valence-electron chi connectivity index (χ1n) is 5.98. The number of oxime groups is 1. The number of nitrogens with one attached hydrogen (secondary N) is 1. The van der Waals surface area contributed by atoms with E-state index in [0.29, 0.717) is 16.1 Å². The highest BCUT2D eigenvalue weighted by Gasteiger charge is 2.13. The second-order valence-corrected chi connectivity index (χ2v) is 5.59. The molecule has 0 saturated carbocycles. The lowest BCUT2D eigenvalue weighted by atomic mass is 10.1. The number of anilines is 1. The Morgan fingerprint density at radius 3 is 2.65 bits per heavy atom. The molecule has 0 aliphatic carbocycles. The van der Waals surface area contributed by atoms with Crippen molar-refractivity contribution in [3.63, 3.8) is 0 Å². The number of thiophene rings is 1. The Balaban J connectivity index is 2.28. The van der Waals surface area contributed by atoms with Gasteiger partial charge in [-0.25, -0.2) is 0 Å². The minimum absolute atomic E-state index is 0.0422. The second-order valence-electron chi connectivity index (χ2n) is 4.33. The molecule has 1 aromatic carbocycles. The molecular weight excluding hydrogens is 274 g/mol. The fourth-order valence-corrected chi connectivity index (χ4v) is 2.67. The summed E-state index contributed by atoms with van der Waals surface area (Å²) in [5.74, 6) is -0.246. The van der Waals surface area contributed by atoms with Gasteiger partial charge < -0.3 is 16.3 Å². The predicted molar refractivity (Wildman–Crippen MR) is 80.7 cm³/mol. The zero-order chi connectivity index (χ0) is 14.7. The third-order valence-corrected chi connectivity index (χ3v) is 4.10. The highest BCUT2D eigenvalue weighted by molar-refractivity contribution is 7.14. The van der Waals surface area contributed by atoms with E-state index in [9.17, 15) is 4.79 Å². The van der Waals surface area contributed by atoms with Crippen LogP contribution in [0.2, 0.25) is 0 Å². The summed E-state index contributed by atoms with van der Waals surface area (Å²) in [5.41, 5.74) is 7.67. The van der Waals surface area contributed by atoms with Crippen molar-refractivity contribution >= 4 is 28.8 Å². The van der Waals surface area contributed by atoms with Crippen LogP contribution in [0.15, 0.2) is 35.5 Å².